The van der Waals surface area contributed by atoms with E-state index in [-0.39, 0.29) is 0 Å². The van der Waals surface area contributed by atoms with Crippen molar-refractivity contribution in [2.75, 3.05) is 43.1 Å². The Bertz CT molecular complexity index is 854. The molecule has 1 aliphatic heterocycles. The first-order chi connectivity index (χ1) is 12.3. The third-order valence-corrected chi connectivity index (χ3v) is 5.12. The number of hydrogen-bond acceptors (Lipinski definition) is 9. The third kappa shape index (κ3) is 3.02. The van der Waals surface area contributed by atoms with Crippen molar-refractivity contribution < 1.29 is 4.74 Å². The molecule has 0 unspecified atom stereocenters. The van der Waals surface area contributed by atoms with Crippen molar-refractivity contribution in [2.45, 2.75) is 20.1 Å². The van der Waals surface area contributed by atoms with E-state index in [0.717, 1.165) is 60.7 Å². The number of methoxy groups -OCH3 is 1. The largest absolute Gasteiger partial charge is 0.377 e. The van der Waals surface area contributed by atoms with Gasteiger partial charge in [-0.15, -0.1) is 0 Å². The number of rotatable bonds is 5. The number of aryl methyl sites for hydroxylation is 1. The zero-order chi connectivity index (χ0) is 17.2. The first-order valence-corrected chi connectivity index (χ1v) is 9.04. The van der Waals surface area contributed by atoms with Crippen molar-refractivity contribution in [2.24, 2.45) is 0 Å². The third-order valence-electron chi connectivity index (χ3n) is 4.30. The Morgan fingerprint density at radius 2 is 1.92 bits per heavy atom. The van der Waals surface area contributed by atoms with Gasteiger partial charge in [0, 0.05) is 51.4 Å². The maximum Gasteiger partial charge on any atom is 0.205 e. The van der Waals surface area contributed by atoms with E-state index in [2.05, 4.69) is 41.0 Å². The molecule has 9 nitrogen and oxygen atoms in total. The Hall–Kier alpha value is -2.33. The SMILES string of the molecule is CCn1cnc2c(N3CCN(c4nc(COC)ns4)CC3)ncnc21. The summed E-state index contributed by atoms with van der Waals surface area (Å²) in [4.78, 5) is 22.4. The zero-order valence-corrected chi connectivity index (χ0v) is 15.1. The van der Waals surface area contributed by atoms with Gasteiger partial charge >= 0.3 is 0 Å². The van der Waals surface area contributed by atoms with Gasteiger partial charge in [0.2, 0.25) is 5.13 Å². The molecule has 0 saturated carbocycles. The minimum atomic E-state index is 0.454. The molecule has 4 heterocycles. The molecular weight excluding hydrogens is 340 g/mol. The van der Waals surface area contributed by atoms with Gasteiger partial charge in [-0.1, -0.05) is 0 Å². The van der Waals surface area contributed by atoms with Crippen molar-refractivity contribution in [1.82, 2.24) is 28.9 Å². The highest BCUT2D eigenvalue weighted by molar-refractivity contribution is 7.09. The normalized spacial score (nSPS) is 15.3. The number of aromatic nitrogens is 6. The van der Waals surface area contributed by atoms with Crippen LogP contribution in [-0.4, -0.2) is 62.2 Å². The van der Waals surface area contributed by atoms with Crippen molar-refractivity contribution >= 4 is 33.6 Å². The average Bonchev–Trinajstić information content (AvgIpc) is 3.29. The lowest BCUT2D eigenvalue weighted by Gasteiger charge is -2.34. The molecule has 1 aliphatic rings. The fraction of sp³-hybridized carbons (Fsp3) is 0.533. The van der Waals surface area contributed by atoms with E-state index in [0.29, 0.717) is 6.61 Å². The summed E-state index contributed by atoms with van der Waals surface area (Å²) < 4.78 is 11.5. The van der Waals surface area contributed by atoms with E-state index < -0.39 is 0 Å². The van der Waals surface area contributed by atoms with E-state index >= 15 is 0 Å². The topological polar surface area (TPSA) is 85.1 Å². The highest BCUT2D eigenvalue weighted by atomic mass is 32.1. The van der Waals surface area contributed by atoms with Gasteiger partial charge in [0.15, 0.2) is 22.8 Å². The quantitative estimate of drug-likeness (QED) is 0.670. The maximum atomic E-state index is 5.09. The first kappa shape index (κ1) is 16.2. The van der Waals surface area contributed by atoms with Crippen molar-refractivity contribution in [3.8, 4) is 0 Å². The summed E-state index contributed by atoms with van der Waals surface area (Å²) in [6, 6.07) is 0. The summed E-state index contributed by atoms with van der Waals surface area (Å²) in [6.07, 6.45) is 3.46. The second kappa shape index (κ2) is 6.89. The van der Waals surface area contributed by atoms with Gasteiger partial charge in [-0.05, 0) is 6.92 Å². The predicted octanol–water partition coefficient (Wildman–Crippen LogP) is 1.17. The minimum absolute atomic E-state index is 0.454. The van der Waals surface area contributed by atoms with Crippen LogP contribution >= 0.6 is 11.5 Å². The van der Waals surface area contributed by atoms with Gasteiger partial charge in [0.05, 0.1) is 6.33 Å². The second-order valence-corrected chi connectivity index (χ2v) is 6.53. The molecule has 0 radical (unpaired) electrons. The van der Waals surface area contributed by atoms with Crippen LogP contribution in [0.5, 0.6) is 0 Å². The Kier molecular flexibility index (Phi) is 4.45. The Morgan fingerprint density at radius 3 is 2.68 bits per heavy atom. The number of hydrogen-bond donors (Lipinski definition) is 0. The standard InChI is InChI=1S/C15H20N8OS/c1-3-21-10-18-12-13(21)16-9-17-14(12)22-4-6-23(7-5-22)15-19-11(8-24-2)20-25-15/h9-10H,3-8H2,1-2H3. The summed E-state index contributed by atoms with van der Waals surface area (Å²) in [5.74, 6) is 1.65. The molecule has 0 spiro atoms. The lowest BCUT2D eigenvalue weighted by atomic mass is 10.3. The Morgan fingerprint density at radius 1 is 1.12 bits per heavy atom. The van der Waals surface area contributed by atoms with Crippen LogP contribution in [-0.2, 0) is 17.9 Å². The minimum Gasteiger partial charge on any atom is -0.377 e. The average molecular weight is 360 g/mol. The van der Waals surface area contributed by atoms with Crippen LogP contribution < -0.4 is 9.80 Å². The van der Waals surface area contributed by atoms with Gasteiger partial charge in [-0.25, -0.2) is 19.9 Å². The monoisotopic (exact) mass is 360 g/mol. The smallest absolute Gasteiger partial charge is 0.205 e. The lowest BCUT2D eigenvalue weighted by Crippen LogP contribution is -2.47. The molecular formula is C15H20N8OS. The number of nitrogens with zero attached hydrogens (tertiary/aromatic N) is 8. The Labute approximate surface area is 149 Å². The highest BCUT2D eigenvalue weighted by Gasteiger charge is 2.23. The van der Waals surface area contributed by atoms with Gasteiger partial charge in [0.1, 0.15) is 12.9 Å². The molecule has 25 heavy (non-hydrogen) atoms. The van der Waals surface area contributed by atoms with Crippen molar-refractivity contribution in [1.29, 1.82) is 0 Å². The van der Waals surface area contributed by atoms with Gasteiger partial charge in [-0.3, -0.25) is 0 Å². The van der Waals surface area contributed by atoms with Gasteiger partial charge < -0.3 is 19.1 Å². The number of imidazole rings is 1. The predicted molar refractivity (Wildman–Crippen MR) is 96.0 cm³/mol. The number of ether oxygens (including phenoxy) is 1. The van der Waals surface area contributed by atoms with Crippen LogP contribution in [0.2, 0.25) is 0 Å². The second-order valence-electron chi connectivity index (χ2n) is 5.80. The van der Waals surface area contributed by atoms with E-state index in [4.69, 9.17) is 4.74 Å². The molecule has 0 amide bonds. The molecule has 0 N–H and O–H groups in total. The summed E-state index contributed by atoms with van der Waals surface area (Å²) in [6.45, 7) is 6.87. The van der Waals surface area contributed by atoms with Gasteiger partial charge in [0.25, 0.3) is 0 Å². The fourth-order valence-electron chi connectivity index (χ4n) is 3.00. The highest BCUT2D eigenvalue weighted by Crippen LogP contribution is 2.25. The molecule has 0 aliphatic carbocycles. The van der Waals surface area contributed by atoms with Crippen LogP contribution in [0, 0.1) is 0 Å². The zero-order valence-electron chi connectivity index (χ0n) is 14.3. The van der Waals surface area contributed by atoms with Crippen molar-refractivity contribution in [3.05, 3.63) is 18.5 Å². The van der Waals surface area contributed by atoms with Crippen LogP contribution in [0.15, 0.2) is 12.7 Å². The fourth-order valence-corrected chi connectivity index (χ4v) is 3.73. The van der Waals surface area contributed by atoms with Crippen molar-refractivity contribution in [3.63, 3.8) is 0 Å². The summed E-state index contributed by atoms with van der Waals surface area (Å²) in [5, 5.41) is 0.954. The van der Waals surface area contributed by atoms with E-state index in [9.17, 15) is 0 Å². The first-order valence-electron chi connectivity index (χ1n) is 8.27. The molecule has 3 aromatic rings. The maximum absolute atomic E-state index is 5.09. The number of piperazine rings is 1. The summed E-state index contributed by atoms with van der Waals surface area (Å²) in [5.41, 5.74) is 1.76. The van der Waals surface area contributed by atoms with E-state index in [1.165, 1.54) is 11.5 Å². The molecule has 10 heteroatoms. The molecule has 0 aromatic carbocycles. The molecule has 1 fully saturated rings. The van der Waals surface area contributed by atoms with E-state index in [1.54, 1.807) is 13.4 Å². The van der Waals surface area contributed by atoms with Crippen LogP contribution in [0.4, 0.5) is 10.9 Å². The molecule has 0 atom stereocenters. The summed E-state index contributed by atoms with van der Waals surface area (Å²) >= 11 is 1.43. The van der Waals surface area contributed by atoms with Crippen LogP contribution in [0.3, 0.4) is 0 Å². The lowest BCUT2D eigenvalue weighted by molar-refractivity contribution is 0.179. The van der Waals surface area contributed by atoms with Gasteiger partial charge in [-0.2, -0.15) is 4.37 Å². The van der Waals surface area contributed by atoms with Crippen LogP contribution in [0.1, 0.15) is 12.7 Å². The summed E-state index contributed by atoms with van der Waals surface area (Å²) in [7, 11) is 1.65. The number of anilines is 2. The molecule has 4 rings (SSSR count). The van der Waals surface area contributed by atoms with Crippen LogP contribution in [0.25, 0.3) is 11.2 Å². The Balaban J connectivity index is 1.49. The number of fused-ring (bicyclic) bond motifs is 1. The molecule has 0 bridgehead atoms. The van der Waals surface area contributed by atoms with E-state index in [1.807, 2.05) is 10.9 Å². The molecule has 132 valence electrons. The molecule has 1 saturated heterocycles. The molecule has 3 aromatic heterocycles.